The van der Waals surface area contributed by atoms with E-state index in [0.29, 0.717) is 6.61 Å². The third kappa shape index (κ3) is 4.50. The van der Waals surface area contributed by atoms with Gasteiger partial charge >= 0.3 is 0 Å². The molecule has 0 amide bonds. The number of anilines is 1. The Kier molecular flexibility index (Phi) is 6.31. The molecule has 1 N–H and O–H groups in total. The molecule has 2 aromatic carbocycles. The van der Waals surface area contributed by atoms with E-state index in [1.165, 1.54) is 11.1 Å². The topological polar surface area (TPSA) is 39.7 Å². The van der Waals surface area contributed by atoms with Crippen LogP contribution in [0.1, 0.15) is 57.4 Å². The average Bonchev–Trinajstić information content (AvgIpc) is 2.62. The second-order valence-corrected chi connectivity index (χ2v) is 8.25. The summed E-state index contributed by atoms with van der Waals surface area (Å²) < 4.78 is 19.2. The van der Waals surface area contributed by atoms with Crippen LogP contribution in [0.3, 0.4) is 0 Å². The molecule has 0 radical (unpaired) electrons. The summed E-state index contributed by atoms with van der Waals surface area (Å²) in [6.45, 7) is 13.9. The number of rotatable bonds is 7. The van der Waals surface area contributed by atoms with Gasteiger partial charge in [0.1, 0.15) is 23.6 Å². The molecule has 1 aliphatic rings. The van der Waals surface area contributed by atoms with Gasteiger partial charge in [-0.2, -0.15) is 0 Å². The number of nitrogens with one attached hydrogen (secondary N) is 1. The fourth-order valence-electron chi connectivity index (χ4n) is 3.72. The maximum atomic E-state index is 6.46. The minimum Gasteiger partial charge on any atom is -0.485 e. The van der Waals surface area contributed by atoms with Crippen LogP contribution in [0, 0.1) is 6.92 Å². The van der Waals surface area contributed by atoms with Crippen molar-refractivity contribution in [2.45, 2.75) is 72.1 Å². The summed E-state index contributed by atoms with van der Waals surface area (Å²) in [7, 11) is 0. The predicted octanol–water partition coefficient (Wildman–Crippen LogP) is 5.65. The molecule has 0 saturated carbocycles. The Balaban J connectivity index is 1.94. The van der Waals surface area contributed by atoms with Gasteiger partial charge in [0.25, 0.3) is 0 Å². The Bertz CT molecular complexity index is 800. The maximum Gasteiger partial charge on any atom is 0.132 e. The van der Waals surface area contributed by atoms with Crippen molar-refractivity contribution in [1.29, 1.82) is 0 Å². The van der Waals surface area contributed by atoms with Gasteiger partial charge in [-0.3, -0.25) is 0 Å². The molecule has 0 bridgehead atoms. The van der Waals surface area contributed by atoms with Crippen molar-refractivity contribution in [3.8, 4) is 5.75 Å². The summed E-state index contributed by atoms with van der Waals surface area (Å²) in [4.78, 5) is 0. The molecule has 4 heteroatoms. The van der Waals surface area contributed by atoms with Gasteiger partial charge in [-0.15, -0.1) is 0 Å². The molecule has 3 rings (SSSR count). The lowest BCUT2D eigenvalue weighted by Crippen LogP contribution is -2.51. The Labute approximate surface area is 169 Å². The van der Waals surface area contributed by atoms with Gasteiger partial charge < -0.3 is 19.5 Å². The van der Waals surface area contributed by atoms with Gasteiger partial charge in [-0.1, -0.05) is 24.3 Å². The molecule has 0 fully saturated rings. The van der Waals surface area contributed by atoms with Crippen LogP contribution in [-0.2, 0) is 16.1 Å². The molecule has 2 atom stereocenters. The van der Waals surface area contributed by atoms with E-state index in [-0.39, 0.29) is 18.3 Å². The number of fused-ring (bicyclic) bond motifs is 1. The minimum atomic E-state index is -0.505. The highest BCUT2D eigenvalue weighted by Crippen LogP contribution is 2.45. The van der Waals surface area contributed by atoms with Crippen LogP contribution in [-0.4, -0.2) is 24.4 Å². The summed E-state index contributed by atoms with van der Waals surface area (Å²) in [6, 6.07) is 14.5. The number of aryl methyl sites for hydroxylation is 1. The lowest BCUT2D eigenvalue weighted by molar-refractivity contribution is -0.177. The van der Waals surface area contributed by atoms with E-state index in [0.717, 1.165) is 23.5 Å². The first kappa shape index (κ1) is 20.7. The fraction of sp³-hybridized carbons (Fsp3) is 0.500. The zero-order valence-electron chi connectivity index (χ0n) is 17.9. The first-order valence-corrected chi connectivity index (χ1v) is 10.2. The van der Waals surface area contributed by atoms with Gasteiger partial charge in [0.2, 0.25) is 0 Å². The minimum absolute atomic E-state index is 0.0825. The molecule has 2 unspecified atom stereocenters. The molecular weight excluding hydrogens is 350 g/mol. The zero-order valence-corrected chi connectivity index (χ0v) is 17.9. The Morgan fingerprint density at radius 1 is 1.14 bits per heavy atom. The standard InChI is InChI=1S/C24H33NO3/c1-7-25-19-12-13-21-20(14-19)22(27-16(2)3)23(24(5,6)28-21)26-15-18-11-9-8-10-17(18)4/h8-14,16,22-23,25H,7,15H2,1-6H3. The first-order chi connectivity index (χ1) is 13.3. The SMILES string of the molecule is CCNc1ccc2c(c1)C(OC(C)C)C(OCc1ccccc1C)C(C)(C)O2. The molecule has 152 valence electrons. The highest BCUT2D eigenvalue weighted by molar-refractivity contribution is 5.53. The Hall–Kier alpha value is -2.04. The molecule has 0 saturated heterocycles. The van der Waals surface area contributed by atoms with Crippen LogP contribution in [0.4, 0.5) is 5.69 Å². The van der Waals surface area contributed by atoms with E-state index in [4.69, 9.17) is 14.2 Å². The van der Waals surface area contributed by atoms with Crippen LogP contribution >= 0.6 is 0 Å². The van der Waals surface area contributed by atoms with Crippen molar-refractivity contribution in [2.24, 2.45) is 0 Å². The van der Waals surface area contributed by atoms with Gasteiger partial charge in [0, 0.05) is 17.8 Å². The van der Waals surface area contributed by atoms with Crippen LogP contribution in [0.5, 0.6) is 5.75 Å². The summed E-state index contributed by atoms with van der Waals surface area (Å²) in [6.07, 6.45) is -0.334. The van der Waals surface area contributed by atoms with Crippen molar-refractivity contribution < 1.29 is 14.2 Å². The lowest BCUT2D eigenvalue weighted by atomic mass is 9.87. The number of benzene rings is 2. The lowest BCUT2D eigenvalue weighted by Gasteiger charge is -2.45. The van der Waals surface area contributed by atoms with E-state index >= 15 is 0 Å². The van der Waals surface area contributed by atoms with E-state index in [1.54, 1.807) is 0 Å². The highest BCUT2D eigenvalue weighted by Gasteiger charge is 2.46. The highest BCUT2D eigenvalue weighted by atomic mass is 16.6. The summed E-state index contributed by atoms with van der Waals surface area (Å²) in [5, 5.41) is 3.38. The van der Waals surface area contributed by atoms with Crippen LogP contribution in [0.2, 0.25) is 0 Å². The smallest absolute Gasteiger partial charge is 0.132 e. The second-order valence-electron chi connectivity index (χ2n) is 8.25. The maximum absolute atomic E-state index is 6.46. The van der Waals surface area contributed by atoms with E-state index in [9.17, 15) is 0 Å². The zero-order chi connectivity index (χ0) is 20.3. The van der Waals surface area contributed by atoms with E-state index < -0.39 is 5.60 Å². The second kappa shape index (κ2) is 8.54. The van der Waals surface area contributed by atoms with Gasteiger partial charge in [0.15, 0.2) is 0 Å². The van der Waals surface area contributed by atoms with Crippen LogP contribution in [0.15, 0.2) is 42.5 Å². The molecule has 0 spiro atoms. The van der Waals surface area contributed by atoms with Gasteiger partial charge in [-0.25, -0.2) is 0 Å². The Morgan fingerprint density at radius 2 is 1.89 bits per heavy atom. The molecule has 4 nitrogen and oxygen atoms in total. The summed E-state index contributed by atoms with van der Waals surface area (Å²) in [5.41, 5.74) is 4.03. The molecule has 1 aliphatic heterocycles. The van der Waals surface area contributed by atoms with Crippen molar-refractivity contribution in [3.63, 3.8) is 0 Å². The van der Waals surface area contributed by atoms with Gasteiger partial charge in [0.05, 0.1) is 12.7 Å². The van der Waals surface area contributed by atoms with Crippen LogP contribution < -0.4 is 10.1 Å². The van der Waals surface area contributed by atoms with E-state index in [2.05, 4.69) is 77.2 Å². The summed E-state index contributed by atoms with van der Waals surface area (Å²) in [5.74, 6) is 0.869. The molecule has 1 heterocycles. The molecular formula is C24H33NO3. The largest absolute Gasteiger partial charge is 0.485 e. The number of hydrogen-bond donors (Lipinski definition) is 1. The van der Waals surface area contributed by atoms with Crippen molar-refractivity contribution in [1.82, 2.24) is 0 Å². The fourth-order valence-corrected chi connectivity index (χ4v) is 3.72. The third-order valence-corrected chi connectivity index (χ3v) is 5.13. The van der Waals surface area contributed by atoms with Gasteiger partial charge in [-0.05, 0) is 70.9 Å². The average molecular weight is 384 g/mol. The normalized spacial score (nSPS) is 20.5. The number of hydrogen-bond acceptors (Lipinski definition) is 4. The first-order valence-electron chi connectivity index (χ1n) is 10.2. The molecule has 28 heavy (non-hydrogen) atoms. The van der Waals surface area contributed by atoms with Crippen molar-refractivity contribution >= 4 is 5.69 Å². The molecule has 0 aromatic heterocycles. The van der Waals surface area contributed by atoms with Crippen molar-refractivity contribution in [3.05, 3.63) is 59.2 Å². The Morgan fingerprint density at radius 3 is 2.57 bits per heavy atom. The molecule has 2 aromatic rings. The van der Waals surface area contributed by atoms with E-state index in [1.807, 2.05) is 12.1 Å². The molecule has 0 aliphatic carbocycles. The number of ether oxygens (including phenoxy) is 3. The third-order valence-electron chi connectivity index (χ3n) is 5.13. The summed E-state index contributed by atoms with van der Waals surface area (Å²) >= 11 is 0. The monoisotopic (exact) mass is 383 g/mol. The predicted molar refractivity (Wildman–Crippen MR) is 114 cm³/mol. The van der Waals surface area contributed by atoms with Crippen molar-refractivity contribution in [2.75, 3.05) is 11.9 Å². The quantitative estimate of drug-likeness (QED) is 0.671. The van der Waals surface area contributed by atoms with Crippen LogP contribution in [0.25, 0.3) is 0 Å².